The van der Waals surface area contributed by atoms with Crippen molar-refractivity contribution < 1.29 is 19.1 Å². The lowest BCUT2D eigenvalue weighted by Crippen LogP contribution is -2.41. The molecule has 148 valence electrons. The Morgan fingerprint density at radius 3 is 2.21 bits per heavy atom. The van der Waals surface area contributed by atoms with Crippen LogP contribution in [0.5, 0.6) is 5.75 Å². The molecule has 28 heavy (non-hydrogen) atoms. The Kier molecular flexibility index (Phi) is 8.52. The predicted octanol–water partition coefficient (Wildman–Crippen LogP) is 3.05. The number of para-hydroxylation sites is 1. The summed E-state index contributed by atoms with van der Waals surface area (Å²) in [7, 11) is 0. The van der Waals surface area contributed by atoms with Crippen molar-refractivity contribution in [3.63, 3.8) is 0 Å². The van der Waals surface area contributed by atoms with Crippen LogP contribution in [0, 0.1) is 0 Å². The van der Waals surface area contributed by atoms with Gasteiger partial charge in [0.25, 0.3) is 5.91 Å². The third kappa shape index (κ3) is 7.49. The summed E-state index contributed by atoms with van der Waals surface area (Å²) in [6.07, 6.45) is 2.00. The van der Waals surface area contributed by atoms with Gasteiger partial charge in [0.2, 0.25) is 11.8 Å². The van der Waals surface area contributed by atoms with Gasteiger partial charge in [0.1, 0.15) is 5.75 Å². The summed E-state index contributed by atoms with van der Waals surface area (Å²) in [5.41, 5.74) is 5.70. The Hall–Kier alpha value is -3.35. The van der Waals surface area contributed by atoms with Crippen molar-refractivity contribution in [3.05, 3.63) is 60.2 Å². The van der Waals surface area contributed by atoms with Crippen molar-refractivity contribution in [3.8, 4) is 5.75 Å². The van der Waals surface area contributed by atoms with Crippen LogP contribution in [0.25, 0.3) is 0 Å². The number of hydrogen-bond donors (Lipinski definition) is 3. The monoisotopic (exact) mass is 383 g/mol. The first kappa shape index (κ1) is 21.0. The number of rotatable bonds is 9. The molecule has 0 radical (unpaired) electrons. The van der Waals surface area contributed by atoms with Crippen LogP contribution in [0.15, 0.2) is 54.6 Å². The number of hydrogen-bond acceptors (Lipinski definition) is 4. The number of nitrogens with one attached hydrogen (secondary N) is 3. The van der Waals surface area contributed by atoms with Crippen LogP contribution < -0.4 is 20.9 Å². The molecule has 3 N–H and O–H groups in total. The minimum absolute atomic E-state index is 0.0143. The maximum Gasteiger partial charge on any atom is 0.269 e. The van der Waals surface area contributed by atoms with E-state index in [2.05, 4.69) is 23.1 Å². The van der Waals surface area contributed by atoms with Crippen LogP contribution in [0.2, 0.25) is 0 Å². The van der Waals surface area contributed by atoms with Gasteiger partial charge in [-0.25, -0.2) is 0 Å². The van der Waals surface area contributed by atoms with Crippen molar-refractivity contribution in [2.75, 3.05) is 11.9 Å². The maximum absolute atomic E-state index is 12.1. The molecule has 0 bridgehead atoms. The van der Waals surface area contributed by atoms with Gasteiger partial charge in [-0.3, -0.25) is 25.2 Å². The zero-order valence-electron chi connectivity index (χ0n) is 15.9. The topological polar surface area (TPSA) is 96.5 Å². The van der Waals surface area contributed by atoms with Crippen LogP contribution >= 0.6 is 0 Å². The van der Waals surface area contributed by atoms with E-state index < -0.39 is 11.8 Å². The van der Waals surface area contributed by atoms with Crippen LogP contribution in [-0.2, 0) is 9.59 Å². The Labute approximate surface area is 164 Å². The molecule has 0 fully saturated rings. The largest absolute Gasteiger partial charge is 0.494 e. The number of hydrazine groups is 1. The van der Waals surface area contributed by atoms with Crippen molar-refractivity contribution in [2.45, 2.75) is 32.6 Å². The smallest absolute Gasteiger partial charge is 0.269 e. The van der Waals surface area contributed by atoms with E-state index in [1.807, 2.05) is 18.2 Å². The molecule has 0 atom stereocenters. The number of carbonyl (C=O) groups is 3. The highest BCUT2D eigenvalue weighted by Gasteiger charge is 2.10. The fourth-order valence-corrected chi connectivity index (χ4v) is 2.27. The minimum atomic E-state index is -0.448. The highest BCUT2D eigenvalue weighted by atomic mass is 16.5. The lowest BCUT2D eigenvalue weighted by Gasteiger charge is -2.09. The molecule has 2 aromatic rings. The minimum Gasteiger partial charge on any atom is -0.494 e. The summed E-state index contributed by atoms with van der Waals surface area (Å²) >= 11 is 0. The molecule has 0 aliphatic rings. The fraction of sp³-hybridized carbons (Fsp3) is 0.286. The molecule has 0 saturated heterocycles. The quantitative estimate of drug-likeness (QED) is 0.458. The van der Waals surface area contributed by atoms with Gasteiger partial charge in [0.15, 0.2) is 0 Å². The number of benzene rings is 2. The number of carbonyl (C=O) groups excluding carboxylic acids is 3. The third-order valence-electron chi connectivity index (χ3n) is 3.84. The number of anilines is 1. The second-order valence-corrected chi connectivity index (χ2v) is 6.14. The normalized spacial score (nSPS) is 10.0. The van der Waals surface area contributed by atoms with Gasteiger partial charge >= 0.3 is 0 Å². The molecular weight excluding hydrogens is 358 g/mol. The van der Waals surface area contributed by atoms with E-state index in [1.54, 1.807) is 36.4 Å². The second-order valence-electron chi connectivity index (χ2n) is 6.14. The second kappa shape index (κ2) is 11.4. The highest BCUT2D eigenvalue weighted by molar-refractivity contribution is 5.96. The first-order valence-electron chi connectivity index (χ1n) is 9.25. The molecule has 0 unspecified atom stereocenters. The summed E-state index contributed by atoms with van der Waals surface area (Å²) in [6.45, 7) is 2.72. The molecule has 0 aliphatic carbocycles. The van der Waals surface area contributed by atoms with Gasteiger partial charge in [-0.1, -0.05) is 31.5 Å². The first-order chi connectivity index (χ1) is 13.6. The van der Waals surface area contributed by atoms with E-state index in [9.17, 15) is 14.4 Å². The van der Waals surface area contributed by atoms with Crippen molar-refractivity contribution >= 4 is 23.4 Å². The fourth-order valence-electron chi connectivity index (χ4n) is 2.27. The van der Waals surface area contributed by atoms with Gasteiger partial charge in [-0.15, -0.1) is 0 Å². The summed E-state index contributed by atoms with van der Waals surface area (Å²) in [4.78, 5) is 35.7. The van der Waals surface area contributed by atoms with Crippen LogP contribution in [0.1, 0.15) is 43.0 Å². The number of amides is 3. The summed E-state index contributed by atoms with van der Waals surface area (Å²) in [5, 5.41) is 2.69. The Morgan fingerprint density at radius 1 is 0.857 bits per heavy atom. The summed E-state index contributed by atoms with van der Waals surface area (Å²) in [5.74, 6) is -0.469. The molecule has 0 aliphatic heterocycles. The molecule has 7 heteroatoms. The molecule has 2 rings (SSSR count). The lowest BCUT2D eigenvalue weighted by molar-refractivity contribution is -0.124. The molecule has 7 nitrogen and oxygen atoms in total. The van der Waals surface area contributed by atoms with Gasteiger partial charge in [0.05, 0.1) is 6.61 Å². The van der Waals surface area contributed by atoms with E-state index in [-0.39, 0.29) is 18.7 Å². The predicted molar refractivity (Wildman–Crippen MR) is 107 cm³/mol. The molecular formula is C21H25N3O4. The van der Waals surface area contributed by atoms with Gasteiger partial charge in [-0.2, -0.15) is 0 Å². The average Bonchev–Trinajstić information content (AvgIpc) is 2.72. The third-order valence-corrected chi connectivity index (χ3v) is 3.84. The molecule has 0 heterocycles. The molecule has 0 saturated carbocycles. The Bertz CT molecular complexity index is 776. The van der Waals surface area contributed by atoms with Crippen LogP contribution in [0.3, 0.4) is 0 Å². The zero-order valence-corrected chi connectivity index (χ0v) is 15.9. The van der Waals surface area contributed by atoms with E-state index in [4.69, 9.17) is 4.74 Å². The van der Waals surface area contributed by atoms with E-state index in [1.165, 1.54) is 0 Å². The van der Waals surface area contributed by atoms with Gasteiger partial charge in [0, 0.05) is 24.1 Å². The summed E-state index contributed by atoms with van der Waals surface area (Å²) in [6, 6.07) is 15.6. The standard InChI is InChI=1S/C21H25N3O4/c1-2-3-15-28-18-11-9-16(10-12-18)21(27)24-23-20(26)14-13-19(25)22-17-7-5-4-6-8-17/h4-12H,2-3,13-15H2,1H3,(H,22,25)(H,23,26)(H,24,27). The average molecular weight is 383 g/mol. The SMILES string of the molecule is CCCCOc1ccc(C(=O)NNC(=O)CCC(=O)Nc2ccccc2)cc1. The lowest BCUT2D eigenvalue weighted by atomic mass is 10.2. The highest BCUT2D eigenvalue weighted by Crippen LogP contribution is 2.12. The number of ether oxygens (including phenoxy) is 1. The van der Waals surface area contributed by atoms with Crippen LogP contribution in [0.4, 0.5) is 5.69 Å². The molecule has 3 amide bonds. The van der Waals surface area contributed by atoms with E-state index in [0.29, 0.717) is 23.6 Å². The molecule has 0 aromatic heterocycles. The van der Waals surface area contributed by atoms with Crippen molar-refractivity contribution in [1.82, 2.24) is 10.9 Å². The van der Waals surface area contributed by atoms with Crippen molar-refractivity contribution in [1.29, 1.82) is 0 Å². The van der Waals surface area contributed by atoms with Crippen molar-refractivity contribution in [2.24, 2.45) is 0 Å². The maximum atomic E-state index is 12.1. The Morgan fingerprint density at radius 2 is 1.54 bits per heavy atom. The van der Waals surface area contributed by atoms with E-state index in [0.717, 1.165) is 12.8 Å². The van der Waals surface area contributed by atoms with Gasteiger partial charge in [-0.05, 0) is 42.8 Å². The summed E-state index contributed by atoms with van der Waals surface area (Å²) < 4.78 is 5.54. The van der Waals surface area contributed by atoms with Crippen LogP contribution in [-0.4, -0.2) is 24.3 Å². The zero-order chi connectivity index (χ0) is 20.2. The van der Waals surface area contributed by atoms with E-state index >= 15 is 0 Å². The van der Waals surface area contributed by atoms with Gasteiger partial charge < -0.3 is 10.1 Å². The Balaban J connectivity index is 1.68. The molecule has 2 aromatic carbocycles. The number of unbranched alkanes of at least 4 members (excludes halogenated alkanes) is 1. The first-order valence-corrected chi connectivity index (χ1v) is 9.25. The molecule has 0 spiro atoms.